The third-order valence-corrected chi connectivity index (χ3v) is 6.19. The zero-order chi connectivity index (χ0) is 17.1. The van der Waals surface area contributed by atoms with Crippen LogP contribution in [0.25, 0.3) is 0 Å². The van der Waals surface area contributed by atoms with Gasteiger partial charge in [-0.2, -0.15) is 0 Å². The first kappa shape index (κ1) is 19.7. The number of unbranched alkanes of at least 4 members (excludes halogenated alkanes) is 1. The van der Waals surface area contributed by atoms with Crippen LogP contribution in [-0.4, -0.2) is 33.3 Å². The second-order valence-corrected chi connectivity index (χ2v) is 8.49. The zero-order valence-corrected chi connectivity index (χ0v) is 15.9. The molecule has 0 bridgehead atoms. The van der Waals surface area contributed by atoms with E-state index in [4.69, 9.17) is 4.74 Å². The summed E-state index contributed by atoms with van der Waals surface area (Å²) in [6, 6.07) is 9.73. The van der Waals surface area contributed by atoms with Crippen molar-refractivity contribution in [3.8, 4) is 0 Å². The number of benzene rings is 1. The van der Waals surface area contributed by atoms with Crippen molar-refractivity contribution in [1.29, 1.82) is 0 Å². The summed E-state index contributed by atoms with van der Waals surface area (Å²) in [6.45, 7) is 5.89. The first-order chi connectivity index (χ1) is 11.0. The molecule has 126 valence electrons. The number of carbonyl (C=O) groups is 2. The number of ether oxygens (including phenoxy) is 1. The Balaban J connectivity index is 2.80. The molecule has 0 aliphatic carbocycles. The Hall–Kier alpha value is -1.38. The van der Waals surface area contributed by atoms with Gasteiger partial charge in [0.2, 0.25) is 0 Å². The molecule has 0 aliphatic heterocycles. The van der Waals surface area contributed by atoms with Gasteiger partial charge < -0.3 is 0 Å². The van der Waals surface area contributed by atoms with Crippen LogP contribution in [-0.2, 0) is 14.3 Å². The van der Waals surface area contributed by atoms with Gasteiger partial charge in [0.15, 0.2) is 0 Å². The van der Waals surface area contributed by atoms with E-state index in [0.29, 0.717) is 13.0 Å². The molecule has 0 N–H and O–H groups in total. The maximum absolute atomic E-state index is 12.7. The van der Waals surface area contributed by atoms with E-state index in [2.05, 4.69) is 19.1 Å². The van der Waals surface area contributed by atoms with E-state index in [1.165, 1.54) is 0 Å². The number of hydrogen-bond donors (Lipinski definition) is 0. The fourth-order valence-corrected chi connectivity index (χ4v) is 4.46. The maximum atomic E-state index is 12.7. The zero-order valence-electron chi connectivity index (χ0n) is 14.2. The van der Waals surface area contributed by atoms with Gasteiger partial charge in [-0.25, -0.2) is 0 Å². The number of esters is 1. The fourth-order valence-electron chi connectivity index (χ4n) is 2.11. The van der Waals surface area contributed by atoms with Crippen molar-refractivity contribution in [2.75, 3.05) is 6.61 Å². The first-order valence-corrected chi connectivity index (χ1v) is 9.85. The molecule has 0 saturated heterocycles. The molecule has 1 rings (SSSR count). The number of Topliss-reactive ketones (excluding diaryl/α,β-unsaturated/α-hetero) is 1. The molecule has 0 heterocycles. The van der Waals surface area contributed by atoms with Crippen molar-refractivity contribution in [2.24, 2.45) is 0 Å². The van der Waals surface area contributed by atoms with Gasteiger partial charge >= 0.3 is 145 Å². The summed E-state index contributed by atoms with van der Waals surface area (Å²) < 4.78 is 5.18. The van der Waals surface area contributed by atoms with Crippen LogP contribution in [0.1, 0.15) is 46.5 Å². The molecule has 0 aromatic heterocycles. The van der Waals surface area contributed by atoms with Crippen molar-refractivity contribution >= 4 is 31.2 Å². The van der Waals surface area contributed by atoms with E-state index in [1.807, 2.05) is 30.3 Å². The molecule has 1 unspecified atom stereocenters. The van der Waals surface area contributed by atoms with E-state index < -0.39 is 10.3 Å². The summed E-state index contributed by atoms with van der Waals surface area (Å²) in [4.78, 5) is 25.1. The fraction of sp³-hybridized carbons (Fsp3) is 0.474. The van der Waals surface area contributed by atoms with Crippen molar-refractivity contribution in [3.05, 3.63) is 42.5 Å². The average Bonchev–Trinajstić information content (AvgIpc) is 2.55. The number of ketones is 1. The van der Waals surface area contributed by atoms with Gasteiger partial charge in [0.1, 0.15) is 0 Å². The number of allylic oxidation sites excluding steroid dienone is 2. The first-order valence-electron chi connectivity index (χ1n) is 8.14. The van der Waals surface area contributed by atoms with Crippen molar-refractivity contribution in [2.45, 2.75) is 50.8 Å². The summed E-state index contributed by atoms with van der Waals surface area (Å²) in [5.74, 6) is -0.400. The standard InChI is InChI=1S/C19H26O3Se/c1-4-6-7-8-12-15-17(20)19(3,18(21)22-5-2)23-16-13-10-9-11-14-16/h6-7,9-11,13-14H,4-5,8,12,15H2,1-3H3/b7-6-. The number of hydrogen-bond acceptors (Lipinski definition) is 3. The van der Waals surface area contributed by atoms with Crippen LogP contribution in [0.4, 0.5) is 0 Å². The quantitative estimate of drug-likeness (QED) is 0.205. The third-order valence-electron chi connectivity index (χ3n) is 3.44. The molecule has 1 aromatic rings. The molecule has 1 atom stereocenters. The van der Waals surface area contributed by atoms with Crippen LogP contribution < -0.4 is 4.46 Å². The summed E-state index contributed by atoms with van der Waals surface area (Å²) in [6.07, 6.45) is 7.26. The van der Waals surface area contributed by atoms with Crippen molar-refractivity contribution < 1.29 is 14.3 Å². The average molecular weight is 381 g/mol. The molecule has 0 fully saturated rings. The Bertz CT molecular complexity index is 525. The minimum atomic E-state index is -1.04. The predicted molar refractivity (Wildman–Crippen MR) is 95.1 cm³/mol. The van der Waals surface area contributed by atoms with E-state index in [1.54, 1.807) is 13.8 Å². The van der Waals surface area contributed by atoms with Crippen LogP contribution >= 0.6 is 0 Å². The molecule has 0 spiro atoms. The van der Waals surface area contributed by atoms with Crippen LogP contribution in [0, 0.1) is 0 Å². The van der Waals surface area contributed by atoms with Crippen molar-refractivity contribution in [1.82, 2.24) is 0 Å². The molecule has 4 heteroatoms. The third kappa shape index (κ3) is 6.32. The molecule has 23 heavy (non-hydrogen) atoms. The second kappa shape index (κ2) is 10.4. The normalized spacial score (nSPS) is 13.7. The van der Waals surface area contributed by atoms with Crippen LogP contribution in [0.3, 0.4) is 0 Å². The van der Waals surface area contributed by atoms with E-state index in [-0.39, 0.29) is 20.7 Å². The molecule has 0 saturated carbocycles. The van der Waals surface area contributed by atoms with Gasteiger partial charge in [0.05, 0.1) is 0 Å². The predicted octanol–water partition coefficient (Wildman–Crippen LogP) is 3.46. The molecule has 0 amide bonds. The van der Waals surface area contributed by atoms with E-state index in [0.717, 1.165) is 23.7 Å². The summed E-state index contributed by atoms with van der Waals surface area (Å²) in [7, 11) is 0. The Morgan fingerprint density at radius 2 is 1.87 bits per heavy atom. The number of rotatable bonds is 10. The summed E-state index contributed by atoms with van der Waals surface area (Å²) in [5, 5.41) is 0. The summed E-state index contributed by atoms with van der Waals surface area (Å²) >= 11 is -0.281. The Morgan fingerprint density at radius 1 is 1.17 bits per heavy atom. The topological polar surface area (TPSA) is 43.4 Å². The monoisotopic (exact) mass is 382 g/mol. The van der Waals surface area contributed by atoms with E-state index >= 15 is 0 Å². The van der Waals surface area contributed by atoms with Crippen molar-refractivity contribution in [3.63, 3.8) is 0 Å². The Morgan fingerprint density at radius 3 is 2.48 bits per heavy atom. The second-order valence-electron chi connectivity index (χ2n) is 5.36. The van der Waals surface area contributed by atoms with Crippen LogP contribution in [0.15, 0.2) is 42.5 Å². The molecule has 1 aromatic carbocycles. The Labute approximate surface area is 145 Å². The SMILES string of the molecule is CC/C=C\CCCC(=O)C(C)([Se]c1ccccc1)C(=O)OCC. The summed E-state index contributed by atoms with van der Waals surface area (Å²) in [5.41, 5.74) is 0. The Kier molecular flexibility index (Phi) is 8.90. The van der Waals surface area contributed by atoms with Crippen LogP contribution in [0.5, 0.6) is 0 Å². The van der Waals surface area contributed by atoms with E-state index in [9.17, 15) is 9.59 Å². The van der Waals surface area contributed by atoms with Gasteiger partial charge in [0.25, 0.3) is 0 Å². The van der Waals surface area contributed by atoms with Gasteiger partial charge in [-0.05, 0) is 0 Å². The molecule has 0 aliphatic rings. The van der Waals surface area contributed by atoms with Gasteiger partial charge in [-0.15, -0.1) is 0 Å². The molecule has 0 radical (unpaired) electrons. The number of carbonyl (C=O) groups excluding carboxylic acids is 2. The van der Waals surface area contributed by atoms with Gasteiger partial charge in [-0.3, -0.25) is 0 Å². The molecular formula is C19H26O3Se. The minimum absolute atomic E-state index is 0.00954. The van der Waals surface area contributed by atoms with Crippen LogP contribution in [0.2, 0.25) is 4.31 Å². The molecule has 3 nitrogen and oxygen atoms in total. The van der Waals surface area contributed by atoms with Gasteiger partial charge in [-0.1, -0.05) is 0 Å². The molecular weight excluding hydrogens is 355 g/mol. The van der Waals surface area contributed by atoms with Gasteiger partial charge in [0, 0.05) is 0 Å².